The first kappa shape index (κ1) is 16.3. The fourth-order valence-corrected chi connectivity index (χ4v) is 1.45. The molecule has 9 nitrogen and oxygen atoms in total. The quantitative estimate of drug-likeness (QED) is 0.545. The summed E-state index contributed by atoms with van der Waals surface area (Å²) in [5, 5.41) is 0. The van der Waals surface area contributed by atoms with Crippen LogP contribution in [0.3, 0.4) is 0 Å². The third-order valence-electron chi connectivity index (χ3n) is 2.50. The molecule has 0 bridgehead atoms. The Morgan fingerprint density at radius 3 is 2.48 bits per heavy atom. The van der Waals surface area contributed by atoms with Gasteiger partial charge in [0.1, 0.15) is 11.4 Å². The van der Waals surface area contributed by atoms with E-state index < -0.39 is 23.2 Å². The summed E-state index contributed by atoms with van der Waals surface area (Å²) in [6, 6.07) is 0. The summed E-state index contributed by atoms with van der Waals surface area (Å²) < 4.78 is 9.04. The predicted molar refractivity (Wildman–Crippen MR) is 72.7 cm³/mol. The first-order chi connectivity index (χ1) is 9.97. The van der Waals surface area contributed by atoms with Crippen molar-refractivity contribution in [1.29, 1.82) is 0 Å². The zero-order chi connectivity index (χ0) is 15.8. The summed E-state index contributed by atoms with van der Waals surface area (Å²) in [5.41, 5.74) is -1.57. The van der Waals surface area contributed by atoms with E-state index in [0.717, 1.165) is 6.20 Å². The SMILES string of the molecule is COC(=O)CCCC(=Nc1c[nH]c(=O)[nH]c1=O)C(=O)OC. The number of carbonyl (C=O) groups excluding carboxylic acids is 2. The Kier molecular flexibility index (Phi) is 6.05. The fourth-order valence-electron chi connectivity index (χ4n) is 1.45. The van der Waals surface area contributed by atoms with E-state index in [1.54, 1.807) is 0 Å². The van der Waals surface area contributed by atoms with Gasteiger partial charge in [-0.3, -0.25) is 14.6 Å². The molecule has 0 aliphatic carbocycles. The van der Waals surface area contributed by atoms with Crippen LogP contribution in [0.15, 0.2) is 20.8 Å². The lowest BCUT2D eigenvalue weighted by molar-refractivity contribution is -0.140. The number of aliphatic imine (C=N–C) groups is 1. The smallest absolute Gasteiger partial charge is 0.352 e. The van der Waals surface area contributed by atoms with Crippen LogP contribution in [0.2, 0.25) is 0 Å². The predicted octanol–water partition coefficient (Wildman–Crippen LogP) is -0.348. The number of H-pyrrole nitrogens is 2. The minimum absolute atomic E-state index is 0.0287. The Morgan fingerprint density at radius 2 is 1.90 bits per heavy atom. The molecule has 1 aromatic rings. The number of hydrogen-bond acceptors (Lipinski definition) is 7. The molecule has 0 fully saturated rings. The number of esters is 2. The normalized spacial score (nSPS) is 11.0. The monoisotopic (exact) mass is 297 g/mol. The van der Waals surface area contributed by atoms with E-state index in [-0.39, 0.29) is 24.2 Å². The molecular weight excluding hydrogens is 282 g/mol. The number of rotatable bonds is 6. The van der Waals surface area contributed by atoms with Gasteiger partial charge >= 0.3 is 17.6 Å². The first-order valence-corrected chi connectivity index (χ1v) is 6.02. The van der Waals surface area contributed by atoms with E-state index in [0.29, 0.717) is 6.42 Å². The van der Waals surface area contributed by atoms with E-state index in [9.17, 15) is 19.2 Å². The zero-order valence-electron chi connectivity index (χ0n) is 11.6. The van der Waals surface area contributed by atoms with Gasteiger partial charge in [0.2, 0.25) is 0 Å². The Bertz CT molecular complexity index is 657. The summed E-state index contributed by atoms with van der Waals surface area (Å²) in [5.74, 6) is -1.13. The molecule has 21 heavy (non-hydrogen) atoms. The number of methoxy groups -OCH3 is 2. The van der Waals surface area contributed by atoms with Crippen LogP contribution < -0.4 is 11.2 Å². The van der Waals surface area contributed by atoms with Crippen molar-refractivity contribution in [2.45, 2.75) is 19.3 Å². The van der Waals surface area contributed by atoms with Gasteiger partial charge in [-0.05, 0) is 12.8 Å². The molecule has 1 rings (SSSR count). The molecule has 0 atom stereocenters. The average molecular weight is 297 g/mol. The number of nitrogens with one attached hydrogen (secondary N) is 2. The Hall–Kier alpha value is -2.71. The van der Waals surface area contributed by atoms with E-state index in [1.165, 1.54) is 14.2 Å². The largest absolute Gasteiger partial charge is 0.469 e. The molecule has 0 unspecified atom stereocenters. The highest BCUT2D eigenvalue weighted by Crippen LogP contribution is 2.07. The third kappa shape index (κ3) is 5.05. The standard InChI is InChI=1S/C12H15N3O6/c1-20-9(16)5-3-4-7(11(18)21-2)14-8-6-13-12(19)15-10(8)17/h6H,3-5H2,1-2H3,(H2,13,15,17,19). The number of nitrogens with zero attached hydrogens (tertiary/aromatic N) is 1. The van der Waals surface area contributed by atoms with Gasteiger partial charge in [-0.1, -0.05) is 0 Å². The van der Waals surface area contributed by atoms with Crippen molar-refractivity contribution in [3.05, 3.63) is 27.0 Å². The molecule has 114 valence electrons. The highest BCUT2D eigenvalue weighted by molar-refractivity contribution is 6.36. The second-order valence-corrected chi connectivity index (χ2v) is 3.94. The molecular formula is C12H15N3O6. The average Bonchev–Trinajstić information content (AvgIpc) is 2.47. The van der Waals surface area contributed by atoms with Crippen molar-refractivity contribution in [1.82, 2.24) is 9.97 Å². The van der Waals surface area contributed by atoms with E-state index in [4.69, 9.17) is 0 Å². The molecule has 0 aliphatic rings. The number of aromatic nitrogens is 2. The second-order valence-electron chi connectivity index (χ2n) is 3.94. The summed E-state index contributed by atoms with van der Waals surface area (Å²) in [6.45, 7) is 0. The van der Waals surface area contributed by atoms with E-state index >= 15 is 0 Å². The van der Waals surface area contributed by atoms with Gasteiger partial charge < -0.3 is 14.5 Å². The van der Waals surface area contributed by atoms with Crippen molar-refractivity contribution in [2.24, 2.45) is 4.99 Å². The fraction of sp³-hybridized carbons (Fsp3) is 0.417. The van der Waals surface area contributed by atoms with Crippen LogP contribution in [0.25, 0.3) is 0 Å². The Morgan fingerprint density at radius 1 is 1.19 bits per heavy atom. The van der Waals surface area contributed by atoms with Crippen LogP contribution in [0, 0.1) is 0 Å². The van der Waals surface area contributed by atoms with Gasteiger partial charge in [0.05, 0.1) is 14.2 Å². The molecule has 0 aromatic carbocycles. The molecule has 1 aromatic heterocycles. The Labute approximate surface area is 119 Å². The van der Waals surface area contributed by atoms with Gasteiger partial charge in [-0.25, -0.2) is 14.6 Å². The van der Waals surface area contributed by atoms with E-state index in [1.807, 2.05) is 4.98 Å². The van der Waals surface area contributed by atoms with Crippen molar-refractivity contribution < 1.29 is 19.1 Å². The maximum absolute atomic E-state index is 11.6. The van der Waals surface area contributed by atoms with Gasteiger partial charge in [-0.2, -0.15) is 0 Å². The highest BCUT2D eigenvalue weighted by Gasteiger charge is 2.14. The number of aromatic amines is 2. The van der Waals surface area contributed by atoms with Crippen LogP contribution in [-0.4, -0.2) is 41.8 Å². The molecule has 1 heterocycles. The molecule has 0 spiro atoms. The third-order valence-corrected chi connectivity index (χ3v) is 2.50. The maximum Gasteiger partial charge on any atom is 0.352 e. The Balaban J connectivity index is 2.94. The molecule has 0 amide bonds. The molecule has 0 saturated heterocycles. The lowest BCUT2D eigenvalue weighted by Crippen LogP contribution is -2.22. The topological polar surface area (TPSA) is 131 Å². The van der Waals surface area contributed by atoms with Crippen LogP contribution in [0.4, 0.5) is 5.69 Å². The van der Waals surface area contributed by atoms with Crippen LogP contribution in [0.5, 0.6) is 0 Å². The summed E-state index contributed by atoms with van der Waals surface area (Å²) in [6.07, 6.45) is 1.63. The first-order valence-electron chi connectivity index (χ1n) is 6.02. The van der Waals surface area contributed by atoms with Crippen molar-refractivity contribution in [2.75, 3.05) is 14.2 Å². The van der Waals surface area contributed by atoms with Crippen LogP contribution >= 0.6 is 0 Å². The van der Waals surface area contributed by atoms with Crippen molar-refractivity contribution in [3.8, 4) is 0 Å². The highest BCUT2D eigenvalue weighted by atomic mass is 16.5. The van der Waals surface area contributed by atoms with Gasteiger partial charge in [0.25, 0.3) is 5.56 Å². The molecule has 0 aliphatic heterocycles. The summed E-state index contributed by atoms with van der Waals surface area (Å²) in [7, 11) is 2.44. The molecule has 0 radical (unpaired) electrons. The lowest BCUT2D eigenvalue weighted by atomic mass is 10.1. The number of ether oxygens (including phenoxy) is 2. The van der Waals surface area contributed by atoms with Crippen LogP contribution in [-0.2, 0) is 19.1 Å². The number of carbonyl (C=O) groups is 2. The molecule has 0 saturated carbocycles. The van der Waals surface area contributed by atoms with Gasteiger partial charge in [0.15, 0.2) is 0 Å². The van der Waals surface area contributed by atoms with Gasteiger partial charge in [-0.15, -0.1) is 0 Å². The van der Waals surface area contributed by atoms with Crippen LogP contribution in [0.1, 0.15) is 19.3 Å². The molecule has 9 heteroatoms. The van der Waals surface area contributed by atoms with Crippen molar-refractivity contribution >= 4 is 23.3 Å². The number of hydrogen-bond donors (Lipinski definition) is 2. The lowest BCUT2D eigenvalue weighted by Gasteiger charge is -2.04. The van der Waals surface area contributed by atoms with E-state index in [2.05, 4.69) is 19.5 Å². The zero-order valence-corrected chi connectivity index (χ0v) is 11.6. The minimum atomic E-state index is -0.729. The second kappa shape index (κ2) is 7.78. The summed E-state index contributed by atoms with van der Waals surface area (Å²) in [4.78, 5) is 53.1. The maximum atomic E-state index is 11.6. The summed E-state index contributed by atoms with van der Waals surface area (Å²) >= 11 is 0. The van der Waals surface area contributed by atoms with Gasteiger partial charge in [0, 0.05) is 12.6 Å². The molecule has 2 N–H and O–H groups in total. The minimum Gasteiger partial charge on any atom is -0.469 e. The van der Waals surface area contributed by atoms with Crippen molar-refractivity contribution in [3.63, 3.8) is 0 Å².